The van der Waals surface area contributed by atoms with E-state index in [1.165, 1.54) is 0 Å². The van der Waals surface area contributed by atoms with Crippen molar-refractivity contribution < 1.29 is 19.4 Å². The molecular weight excluding hydrogens is 411 g/mol. The van der Waals surface area contributed by atoms with Crippen LogP contribution in [0.25, 0.3) is 0 Å². The van der Waals surface area contributed by atoms with E-state index in [2.05, 4.69) is 0 Å². The number of rotatable bonds is 9. The SMILES string of the molecule is O=C(O)C(Cc1ccccc1)(OCc1ccccc1Cl)OCc1ccccc1Cl. The summed E-state index contributed by atoms with van der Waals surface area (Å²) in [6.45, 7) is -0.0251. The Morgan fingerprint density at radius 2 is 1.21 bits per heavy atom. The second-order valence-electron chi connectivity index (χ2n) is 6.48. The second-order valence-corrected chi connectivity index (χ2v) is 7.30. The molecule has 0 aromatic heterocycles. The number of hydrogen-bond acceptors (Lipinski definition) is 3. The molecular formula is C23H20Cl2O4. The predicted molar refractivity (Wildman–Crippen MR) is 113 cm³/mol. The standard InChI is InChI=1S/C23H20Cl2O4/c24-20-12-6-4-10-18(20)15-28-23(22(26)27,14-17-8-2-1-3-9-17)29-16-19-11-5-7-13-21(19)25/h1-13H,14-16H2,(H,26,27). The fraction of sp³-hybridized carbons (Fsp3) is 0.174. The number of carboxylic acids is 1. The molecule has 0 saturated heterocycles. The lowest BCUT2D eigenvalue weighted by Crippen LogP contribution is -2.46. The van der Waals surface area contributed by atoms with E-state index in [9.17, 15) is 9.90 Å². The Hall–Kier alpha value is -2.37. The van der Waals surface area contributed by atoms with Crippen LogP contribution in [-0.4, -0.2) is 16.9 Å². The zero-order valence-electron chi connectivity index (χ0n) is 15.6. The summed E-state index contributed by atoms with van der Waals surface area (Å²) < 4.78 is 11.7. The molecule has 3 rings (SSSR count). The number of carbonyl (C=O) groups is 1. The molecule has 3 aromatic carbocycles. The van der Waals surface area contributed by atoms with Crippen LogP contribution in [0, 0.1) is 0 Å². The summed E-state index contributed by atoms with van der Waals surface area (Å²) in [5.41, 5.74) is 2.12. The molecule has 1 N–H and O–H groups in total. The molecule has 0 spiro atoms. The van der Waals surface area contributed by atoms with Gasteiger partial charge < -0.3 is 14.6 Å². The molecule has 0 aliphatic rings. The van der Waals surface area contributed by atoms with Gasteiger partial charge in [-0.1, -0.05) is 89.9 Å². The lowest BCUT2D eigenvalue weighted by molar-refractivity contribution is -0.253. The van der Waals surface area contributed by atoms with Crippen molar-refractivity contribution in [2.75, 3.05) is 0 Å². The van der Waals surface area contributed by atoms with E-state index in [1.807, 2.05) is 42.5 Å². The zero-order chi connectivity index (χ0) is 20.7. The first-order chi connectivity index (χ1) is 14.0. The molecule has 0 heterocycles. The monoisotopic (exact) mass is 430 g/mol. The quantitative estimate of drug-likeness (QED) is 0.439. The van der Waals surface area contributed by atoms with E-state index in [0.717, 1.165) is 5.56 Å². The van der Waals surface area contributed by atoms with Crippen molar-refractivity contribution in [3.05, 3.63) is 106 Å². The fourth-order valence-corrected chi connectivity index (χ4v) is 3.21. The Labute approximate surface area is 179 Å². The van der Waals surface area contributed by atoms with Gasteiger partial charge in [-0.05, 0) is 28.8 Å². The Morgan fingerprint density at radius 1 is 0.759 bits per heavy atom. The van der Waals surface area contributed by atoms with Crippen LogP contribution < -0.4 is 0 Å². The summed E-state index contributed by atoms with van der Waals surface area (Å²) in [6.07, 6.45) is 0.0259. The van der Waals surface area contributed by atoms with Gasteiger partial charge in [0.2, 0.25) is 0 Å². The minimum Gasteiger partial charge on any atom is -0.477 e. The first kappa shape index (κ1) is 21.3. The Balaban J connectivity index is 1.88. The summed E-state index contributed by atoms with van der Waals surface area (Å²) in [4.78, 5) is 12.3. The minimum absolute atomic E-state index is 0.0126. The normalized spacial score (nSPS) is 11.4. The van der Waals surface area contributed by atoms with E-state index < -0.39 is 11.8 Å². The topological polar surface area (TPSA) is 55.8 Å². The van der Waals surface area contributed by atoms with Crippen LogP contribution in [0.3, 0.4) is 0 Å². The number of aliphatic carboxylic acids is 1. The van der Waals surface area contributed by atoms with Gasteiger partial charge in [0, 0.05) is 16.5 Å². The van der Waals surface area contributed by atoms with E-state index in [-0.39, 0.29) is 19.6 Å². The number of benzene rings is 3. The van der Waals surface area contributed by atoms with Gasteiger partial charge in [-0.15, -0.1) is 0 Å². The summed E-state index contributed by atoms with van der Waals surface area (Å²) in [5.74, 6) is -3.12. The van der Waals surface area contributed by atoms with E-state index in [4.69, 9.17) is 32.7 Å². The van der Waals surface area contributed by atoms with E-state index in [0.29, 0.717) is 21.2 Å². The molecule has 0 unspecified atom stereocenters. The average molecular weight is 431 g/mol. The highest BCUT2D eigenvalue weighted by Crippen LogP contribution is 2.27. The van der Waals surface area contributed by atoms with Crippen molar-refractivity contribution in [1.29, 1.82) is 0 Å². The summed E-state index contributed by atoms with van der Waals surface area (Å²) >= 11 is 12.4. The molecule has 29 heavy (non-hydrogen) atoms. The van der Waals surface area contributed by atoms with Gasteiger partial charge in [-0.2, -0.15) is 0 Å². The molecule has 0 bridgehead atoms. The van der Waals surface area contributed by atoms with Gasteiger partial charge in [0.05, 0.1) is 13.2 Å². The van der Waals surface area contributed by atoms with Crippen LogP contribution in [0.15, 0.2) is 78.9 Å². The highest BCUT2D eigenvalue weighted by atomic mass is 35.5. The molecule has 6 heteroatoms. The third kappa shape index (κ3) is 5.58. The Morgan fingerprint density at radius 3 is 1.66 bits per heavy atom. The summed E-state index contributed by atoms with van der Waals surface area (Å²) in [7, 11) is 0. The zero-order valence-corrected chi connectivity index (χ0v) is 17.1. The molecule has 0 aliphatic carbocycles. The van der Waals surface area contributed by atoms with Crippen LogP contribution in [0.2, 0.25) is 10.0 Å². The lowest BCUT2D eigenvalue weighted by Gasteiger charge is -2.30. The summed E-state index contributed by atoms with van der Waals surface area (Å²) in [5, 5.41) is 11.1. The molecule has 4 nitrogen and oxygen atoms in total. The maximum atomic E-state index is 12.3. The van der Waals surface area contributed by atoms with Crippen molar-refractivity contribution in [1.82, 2.24) is 0 Å². The molecule has 0 atom stereocenters. The Bertz CT molecular complexity index is 910. The molecule has 0 saturated carbocycles. The number of carboxylic acid groups (broad SMARTS) is 1. The van der Waals surface area contributed by atoms with Crippen LogP contribution in [0.5, 0.6) is 0 Å². The van der Waals surface area contributed by atoms with Crippen LogP contribution in [0.1, 0.15) is 16.7 Å². The average Bonchev–Trinajstić information content (AvgIpc) is 2.72. The first-order valence-corrected chi connectivity index (χ1v) is 9.78. The molecule has 150 valence electrons. The van der Waals surface area contributed by atoms with Gasteiger partial charge in [0.25, 0.3) is 5.79 Å². The van der Waals surface area contributed by atoms with Crippen molar-refractivity contribution in [3.8, 4) is 0 Å². The first-order valence-electron chi connectivity index (χ1n) is 9.02. The van der Waals surface area contributed by atoms with Crippen LogP contribution in [-0.2, 0) is 33.9 Å². The molecule has 0 fully saturated rings. The van der Waals surface area contributed by atoms with Crippen molar-refractivity contribution in [2.45, 2.75) is 25.4 Å². The lowest BCUT2D eigenvalue weighted by atomic mass is 10.0. The van der Waals surface area contributed by atoms with Gasteiger partial charge in [0.1, 0.15) is 0 Å². The molecule has 0 aliphatic heterocycles. The third-order valence-electron chi connectivity index (χ3n) is 4.44. The predicted octanol–water partition coefficient (Wildman–Crippen LogP) is 5.75. The van der Waals surface area contributed by atoms with Gasteiger partial charge in [-0.25, -0.2) is 4.79 Å². The van der Waals surface area contributed by atoms with Crippen LogP contribution >= 0.6 is 23.2 Å². The number of hydrogen-bond donors (Lipinski definition) is 1. The van der Waals surface area contributed by atoms with Gasteiger partial charge >= 0.3 is 5.97 Å². The highest BCUT2D eigenvalue weighted by Gasteiger charge is 2.42. The largest absolute Gasteiger partial charge is 0.477 e. The fourth-order valence-electron chi connectivity index (χ4n) is 2.83. The maximum absolute atomic E-state index is 12.3. The summed E-state index contributed by atoms with van der Waals surface area (Å²) in [6, 6.07) is 23.4. The van der Waals surface area contributed by atoms with Gasteiger partial charge in [0.15, 0.2) is 0 Å². The van der Waals surface area contributed by atoms with Crippen molar-refractivity contribution in [2.24, 2.45) is 0 Å². The van der Waals surface area contributed by atoms with E-state index in [1.54, 1.807) is 36.4 Å². The third-order valence-corrected chi connectivity index (χ3v) is 5.18. The van der Waals surface area contributed by atoms with Crippen molar-refractivity contribution in [3.63, 3.8) is 0 Å². The van der Waals surface area contributed by atoms with Gasteiger partial charge in [-0.3, -0.25) is 0 Å². The van der Waals surface area contributed by atoms with Crippen LogP contribution in [0.4, 0.5) is 0 Å². The Kier molecular flexibility index (Phi) is 7.29. The number of halogens is 2. The minimum atomic E-state index is -1.90. The maximum Gasteiger partial charge on any atom is 0.364 e. The smallest absolute Gasteiger partial charge is 0.364 e. The molecule has 0 amide bonds. The highest BCUT2D eigenvalue weighted by molar-refractivity contribution is 6.31. The number of ether oxygens (including phenoxy) is 2. The molecule has 3 aromatic rings. The van der Waals surface area contributed by atoms with Crippen molar-refractivity contribution >= 4 is 29.2 Å². The molecule has 0 radical (unpaired) electrons. The van der Waals surface area contributed by atoms with E-state index >= 15 is 0 Å². The second kappa shape index (κ2) is 9.90.